The van der Waals surface area contributed by atoms with E-state index < -0.39 is 6.09 Å². The van der Waals surface area contributed by atoms with Crippen molar-refractivity contribution in [3.8, 4) is 21.8 Å². The molecule has 0 atom stereocenters. The smallest absolute Gasteiger partial charge is 0.411 e. The fraction of sp³-hybridized carbons (Fsp3) is 0.111. The number of halogens is 1. The molecule has 4 nitrogen and oxygen atoms in total. The lowest BCUT2D eigenvalue weighted by atomic mass is 10.1. The Morgan fingerprint density at radius 3 is 2.46 bits per heavy atom. The Kier molecular flexibility index (Phi) is 5.13. The van der Waals surface area contributed by atoms with Gasteiger partial charge in [0, 0.05) is 27.2 Å². The first-order valence-corrected chi connectivity index (χ1v) is 8.67. The van der Waals surface area contributed by atoms with E-state index in [9.17, 15) is 4.79 Å². The van der Waals surface area contributed by atoms with Gasteiger partial charge in [0.25, 0.3) is 0 Å². The van der Waals surface area contributed by atoms with Crippen LogP contribution in [0.4, 0.5) is 10.5 Å². The molecule has 0 bridgehead atoms. The Balaban J connectivity index is 1.75. The van der Waals surface area contributed by atoms with Crippen molar-refractivity contribution in [2.75, 3.05) is 11.9 Å². The summed E-state index contributed by atoms with van der Waals surface area (Å²) in [5, 5.41) is 6.33. The van der Waals surface area contributed by atoms with Gasteiger partial charge in [-0.2, -0.15) is 0 Å². The van der Waals surface area contributed by atoms with E-state index in [0.717, 1.165) is 21.8 Å². The predicted octanol–water partition coefficient (Wildman–Crippen LogP) is 5.70. The molecule has 3 rings (SSSR count). The quantitative estimate of drug-likeness (QED) is 0.650. The summed E-state index contributed by atoms with van der Waals surface area (Å²) in [6, 6.07) is 15.1. The monoisotopic (exact) mass is 358 g/mol. The fourth-order valence-electron chi connectivity index (χ4n) is 2.14. The molecule has 0 aliphatic heterocycles. The summed E-state index contributed by atoms with van der Waals surface area (Å²) in [5.41, 5.74) is 3.61. The van der Waals surface area contributed by atoms with Gasteiger partial charge in [0.1, 0.15) is 5.01 Å². The molecular weight excluding hydrogens is 344 g/mol. The summed E-state index contributed by atoms with van der Waals surface area (Å²) in [4.78, 5) is 16.1. The van der Waals surface area contributed by atoms with E-state index in [-0.39, 0.29) is 0 Å². The minimum atomic E-state index is -0.455. The third kappa shape index (κ3) is 3.93. The number of amides is 1. The molecule has 0 aliphatic carbocycles. The van der Waals surface area contributed by atoms with Crippen LogP contribution in [0.3, 0.4) is 0 Å². The number of nitrogens with one attached hydrogen (secondary N) is 1. The summed E-state index contributed by atoms with van der Waals surface area (Å²) in [6.07, 6.45) is -0.455. The van der Waals surface area contributed by atoms with Crippen LogP contribution in [0.15, 0.2) is 53.9 Å². The van der Waals surface area contributed by atoms with Gasteiger partial charge in [0.15, 0.2) is 0 Å². The summed E-state index contributed by atoms with van der Waals surface area (Å²) in [6.45, 7) is 2.11. The van der Waals surface area contributed by atoms with Crippen LogP contribution in [0.1, 0.15) is 6.92 Å². The van der Waals surface area contributed by atoms with Gasteiger partial charge in [-0.3, -0.25) is 5.32 Å². The van der Waals surface area contributed by atoms with Gasteiger partial charge < -0.3 is 4.74 Å². The van der Waals surface area contributed by atoms with E-state index in [0.29, 0.717) is 17.3 Å². The lowest BCUT2D eigenvalue weighted by Gasteiger charge is -2.05. The number of hydrogen-bond acceptors (Lipinski definition) is 4. The Labute approximate surface area is 149 Å². The second kappa shape index (κ2) is 7.47. The minimum absolute atomic E-state index is 0.343. The first-order chi connectivity index (χ1) is 11.7. The summed E-state index contributed by atoms with van der Waals surface area (Å²) in [7, 11) is 0. The lowest BCUT2D eigenvalue weighted by Crippen LogP contribution is -2.12. The number of rotatable bonds is 4. The highest BCUT2D eigenvalue weighted by Crippen LogP contribution is 2.30. The van der Waals surface area contributed by atoms with E-state index in [1.165, 1.54) is 0 Å². The summed E-state index contributed by atoms with van der Waals surface area (Å²) < 4.78 is 4.85. The largest absolute Gasteiger partial charge is 0.450 e. The average Bonchev–Trinajstić information content (AvgIpc) is 3.06. The second-order valence-corrected chi connectivity index (χ2v) is 6.26. The molecule has 1 amide bonds. The van der Waals surface area contributed by atoms with Crippen molar-refractivity contribution in [3.05, 3.63) is 58.9 Å². The van der Waals surface area contributed by atoms with Crippen LogP contribution in [0.5, 0.6) is 0 Å². The molecule has 2 aromatic carbocycles. The molecule has 6 heteroatoms. The Hall–Kier alpha value is -2.37. The van der Waals surface area contributed by atoms with E-state index in [1.54, 1.807) is 18.3 Å². The summed E-state index contributed by atoms with van der Waals surface area (Å²) in [5.74, 6) is 0. The molecule has 0 aliphatic rings. The van der Waals surface area contributed by atoms with Crippen LogP contribution in [-0.2, 0) is 4.74 Å². The first-order valence-electron chi connectivity index (χ1n) is 7.41. The lowest BCUT2D eigenvalue weighted by molar-refractivity contribution is 0.168. The molecule has 0 saturated heterocycles. The molecule has 24 heavy (non-hydrogen) atoms. The van der Waals surface area contributed by atoms with Crippen molar-refractivity contribution in [3.63, 3.8) is 0 Å². The highest BCUT2D eigenvalue weighted by molar-refractivity contribution is 7.13. The SMILES string of the molecule is CCOC(=O)Nc1ccc(-c2csc(-c3ccc(Cl)cc3)n2)cc1. The Bertz CT molecular complexity index is 829. The van der Waals surface area contributed by atoms with Gasteiger partial charge in [-0.15, -0.1) is 11.3 Å². The van der Waals surface area contributed by atoms with E-state index >= 15 is 0 Å². The average molecular weight is 359 g/mol. The number of ether oxygens (including phenoxy) is 1. The predicted molar refractivity (Wildman–Crippen MR) is 98.6 cm³/mol. The van der Waals surface area contributed by atoms with E-state index in [2.05, 4.69) is 10.3 Å². The molecule has 0 spiro atoms. The van der Waals surface area contributed by atoms with Gasteiger partial charge in [0.2, 0.25) is 0 Å². The zero-order valence-corrected chi connectivity index (χ0v) is 14.5. The highest BCUT2D eigenvalue weighted by atomic mass is 35.5. The van der Waals surface area contributed by atoms with Gasteiger partial charge in [0.05, 0.1) is 12.3 Å². The third-order valence-corrected chi connectivity index (χ3v) is 4.44. The molecule has 0 radical (unpaired) electrons. The third-order valence-electron chi connectivity index (χ3n) is 3.30. The number of carbonyl (C=O) groups is 1. The standard InChI is InChI=1S/C18H15ClN2O2S/c1-2-23-18(22)20-15-9-5-12(6-10-15)16-11-24-17(21-16)13-3-7-14(19)8-4-13/h3-11H,2H2,1H3,(H,20,22). The number of hydrogen-bond donors (Lipinski definition) is 1. The number of nitrogens with zero attached hydrogens (tertiary/aromatic N) is 1. The normalized spacial score (nSPS) is 10.4. The van der Waals surface area contributed by atoms with E-state index in [4.69, 9.17) is 16.3 Å². The molecule has 1 N–H and O–H groups in total. The molecule has 122 valence electrons. The van der Waals surface area contributed by atoms with Gasteiger partial charge >= 0.3 is 6.09 Å². The first kappa shape index (κ1) is 16.5. The maximum atomic E-state index is 11.4. The number of aromatic nitrogens is 1. The second-order valence-electron chi connectivity index (χ2n) is 4.97. The van der Waals surface area contributed by atoms with Crippen LogP contribution in [0, 0.1) is 0 Å². The maximum Gasteiger partial charge on any atom is 0.411 e. The van der Waals surface area contributed by atoms with Gasteiger partial charge in [-0.25, -0.2) is 9.78 Å². The summed E-state index contributed by atoms with van der Waals surface area (Å²) >= 11 is 7.50. The number of benzene rings is 2. The Morgan fingerprint density at radius 1 is 1.12 bits per heavy atom. The molecule has 1 heterocycles. The van der Waals surface area contributed by atoms with Crippen molar-refractivity contribution in [2.45, 2.75) is 6.92 Å². The van der Waals surface area contributed by atoms with Crippen molar-refractivity contribution in [1.29, 1.82) is 0 Å². The van der Waals surface area contributed by atoms with Gasteiger partial charge in [-0.1, -0.05) is 35.9 Å². The molecule has 0 saturated carbocycles. The number of anilines is 1. The number of thiazole rings is 1. The fourth-order valence-corrected chi connectivity index (χ4v) is 3.10. The number of carbonyl (C=O) groups excluding carboxylic acids is 1. The molecule has 0 fully saturated rings. The van der Waals surface area contributed by atoms with Crippen LogP contribution in [0.25, 0.3) is 21.8 Å². The molecular formula is C18H15ClN2O2S. The minimum Gasteiger partial charge on any atom is -0.450 e. The van der Waals surface area contributed by atoms with Gasteiger partial charge in [-0.05, 0) is 31.2 Å². The van der Waals surface area contributed by atoms with Crippen LogP contribution >= 0.6 is 22.9 Å². The van der Waals surface area contributed by atoms with E-state index in [1.807, 2.05) is 53.9 Å². The zero-order chi connectivity index (χ0) is 16.9. The molecule has 3 aromatic rings. The topological polar surface area (TPSA) is 51.2 Å². The van der Waals surface area contributed by atoms with Crippen LogP contribution in [-0.4, -0.2) is 17.7 Å². The highest BCUT2D eigenvalue weighted by Gasteiger charge is 2.08. The van der Waals surface area contributed by atoms with Crippen LogP contribution in [0.2, 0.25) is 5.02 Å². The van der Waals surface area contributed by atoms with Crippen LogP contribution < -0.4 is 5.32 Å². The maximum absolute atomic E-state index is 11.4. The van der Waals surface area contributed by atoms with Crippen molar-refractivity contribution in [2.24, 2.45) is 0 Å². The Morgan fingerprint density at radius 2 is 1.79 bits per heavy atom. The van der Waals surface area contributed by atoms with Crippen molar-refractivity contribution in [1.82, 2.24) is 4.98 Å². The van der Waals surface area contributed by atoms with Crippen molar-refractivity contribution < 1.29 is 9.53 Å². The van der Waals surface area contributed by atoms with Crippen molar-refractivity contribution >= 4 is 34.7 Å². The molecule has 1 aromatic heterocycles. The zero-order valence-electron chi connectivity index (χ0n) is 13.0. The molecule has 0 unspecified atom stereocenters.